The molecule has 1 aliphatic rings. The molecule has 1 fully saturated rings. The number of hydrogen-bond donors (Lipinski definition) is 3. The van der Waals surface area contributed by atoms with Crippen molar-refractivity contribution in [3.63, 3.8) is 0 Å². The zero-order valence-corrected chi connectivity index (χ0v) is 20.8. The first-order valence-electron chi connectivity index (χ1n) is 10.8. The number of pyridine rings is 2. The number of fused-ring (bicyclic) bond motifs is 1. The van der Waals surface area contributed by atoms with Gasteiger partial charge < -0.3 is 10.4 Å². The summed E-state index contributed by atoms with van der Waals surface area (Å²) < 4.78 is 28.8. The summed E-state index contributed by atoms with van der Waals surface area (Å²) in [6.07, 6.45) is 6.71. The van der Waals surface area contributed by atoms with Crippen LogP contribution in [0.25, 0.3) is 16.0 Å². The molecule has 35 heavy (non-hydrogen) atoms. The maximum atomic E-state index is 13.0. The first kappa shape index (κ1) is 23.7. The Hall–Kier alpha value is -3.06. The SMILES string of the molecule is C[C@H](O)[C@@H](NC(=O)c1ncc(-c2cnn3ccc(Cl)cc23)s1)c1cc(NS(=O)(=O)C2CC2)ccn1. The van der Waals surface area contributed by atoms with Gasteiger partial charge in [0.15, 0.2) is 5.01 Å². The number of anilines is 1. The maximum absolute atomic E-state index is 13.0. The van der Waals surface area contributed by atoms with E-state index in [1.54, 1.807) is 35.2 Å². The van der Waals surface area contributed by atoms with Crippen molar-refractivity contribution >= 4 is 50.1 Å². The lowest BCUT2D eigenvalue weighted by Crippen LogP contribution is -2.35. The van der Waals surface area contributed by atoms with Crippen molar-refractivity contribution in [1.29, 1.82) is 0 Å². The van der Waals surface area contributed by atoms with Crippen LogP contribution in [0.15, 0.2) is 49.1 Å². The van der Waals surface area contributed by atoms with Crippen LogP contribution in [0.5, 0.6) is 0 Å². The molecule has 13 heteroatoms. The van der Waals surface area contributed by atoms with Gasteiger partial charge in [-0.25, -0.2) is 17.9 Å². The van der Waals surface area contributed by atoms with Crippen molar-refractivity contribution < 1.29 is 18.3 Å². The summed E-state index contributed by atoms with van der Waals surface area (Å²) in [5.41, 5.74) is 2.21. The van der Waals surface area contributed by atoms with Gasteiger partial charge in [-0.15, -0.1) is 11.3 Å². The lowest BCUT2D eigenvalue weighted by atomic mass is 10.1. The van der Waals surface area contributed by atoms with Gasteiger partial charge in [0, 0.05) is 29.2 Å². The molecule has 182 valence electrons. The second-order valence-corrected chi connectivity index (χ2v) is 11.7. The third kappa shape index (κ3) is 5.01. The van der Waals surface area contributed by atoms with Crippen LogP contribution in [0.4, 0.5) is 5.69 Å². The average molecular weight is 533 g/mol. The van der Waals surface area contributed by atoms with E-state index in [0.717, 1.165) is 16.0 Å². The molecule has 0 radical (unpaired) electrons. The molecule has 1 aliphatic carbocycles. The molecule has 2 atom stereocenters. The molecule has 3 N–H and O–H groups in total. The number of sulfonamides is 1. The Morgan fingerprint density at radius 1 is 1.26 bits per heavy atom. The predicted octanol–water partition coefficient (Wildman–Crippen LogP) is 3.26. The van der Waals surface area contributed by atoms with Gasteiger partial charge in [-0.1, -0.05) is 11.6 Å². The Morgan fingerprint density at radius 2 is 2.06 bits per heavy atom. The second-order valence-electron chi connectivity index (χ2n) is 8.27. The number of hydrogen-bond acceptors (Lipinski definition) is 8. The summed E-state index contributed by atoms with van der Waals surface area (Å²) in [4.78, 5) is 22.2. The van der Waals surface area contributed by atoms with E-state index in [1.165, 1.54) is 36.6 Å². The summed E-state index contributed by atoms with van der Waals surface area (Å²) >= 11 is 7.29. The minimum Gasteiger partial charge on any atom is -0.391 e. The number of carbonyl (C=O) groups excluding carboxylic acids is 1. The Bertz CT molecular complexity index is 1510. The first-order chi connectivity index (χ1) is 16.7. The van der Waals surface area contributed by atoms with Crippen LogP contribution in [0.1, 0.15) is 41.3 Å². The van der Waals surface area contributed by atoms with Gasteiger partial charge in [0.25, 0.3) is 5.91 Å². The van der Waals surface area contributed by atoms with E-state index < -0.39 is 28.1 Å². The van der Waals surface area contributed by atoms with Gasteiger partial charge in [0.1, 0.15) is 0 Å². The molecule has 0 aromatic carbocycles. The Kier molecular flexibility index (Phi) is 6.21. The van der Waals surface area contributed by atoms with E-state index in [9.17, 15) is 18.3 Å². The van der Waals surface area contributed by atoms with E-state index in [0.29, 0.717) is 29.2 Å². The molecule has 1 amide bonds. The van der Waals surface area contributed by atoms with Crippen LogP contribution in [0, 0.1) is 0 Å². The number of carbonyl (C=O) groups is 1. The standard InChI is InChI=1S/C22H21ClN6O4S2/c1-12(30)20(17-9-14(4-6-24-17)28-35(32,33)15-2-3-15)27-21(31)22-25-11-19(34-22)16-10-26-29-7-5-13(23)8-18(16)29/h4-12,15,20,30H,2-3H2,1H3,(H,24,28)(H,27,31)/t12-,20+/m0/s1. The molecule has 5 rings (SSSR count). The number of amides is 1. The van der Waals surface area contributed by atoms with Crippen molar-refractivity contribution in [2.75, 3.05) is 4.72 Å². The lowest BCUT2D eigenvalue weighted by molar-refractivity contribution is 0.0854. The number of aliphatic hydroxyl groups excluding tert-OH is 1. The van der Waals surface area contributed by atoms with E-state index in [2.05, 4.69) is 25.1 Å². The molecule has 4 aromatic heterocycles. The number of thiazole rings is 1. The summed E-state index contributed by atoms with van der Waals surface area (Å²) in [5.74, 6) is -0.493. The third-order valence-corrected chi connectivity index (χ3v) is 8.67. The van der Waals surface area contributed by atoms with E-state index in [-0.39, 0.29) is 10.3 Å². The fraction of sp³-hybridized carbons (Fsp3) is 0.273. The summed E-state index contributed by atoms with van der Waals surface area (Å²) in [7, 11) is -3.46. The number of aliphatic hydroxyl groups is 1. The van der Waals surface area contributed by atoms with Crippen molar-refractivity contribution in [3.05, 3.63) is 64.8 Å². The Balaban J connectivity index is 1.36. The average Bonchev–Trinajstić information content (AvgIpc) is 3.44. The van der Waals surface area contributed by atoms with Crippen LogP contribution in [0.3, 0.4) is 0 Å². The minimum atomic E-state index is -3.46. The summed E-state index contributed by atoms with van der Waals surface area (Å²) in [6, 6.07) is 5.67. The summed E-state index contributed by atoms with van der Waals surface area (Å²) in [6.45, 7) is 1.52. The van der Waals surface area contributed by atoms with Gasteiger partial charge in [-0.05, 0) is 44.0 Å². The highest BCUT2D eigenvalue weighted by molar-refractivity contribution is 7.93. The lowest BCUT2D eigenvalue weighted by Gasteiger charge is -2.21. The topological polar surface area (TPSA) is 139 Å². The highest BCUT2D eigenvalue weighted by Crippen LogP contribution is 2.32. The van der Waals surface area contributed by atoms with Crippen LogP contribution in [0.2, 0.25) is 5.02 Å². The third-order valence-electron chi connectivity index (χ3n) is 5.54. The van der Waals surface area contributed by atoms with Crippen LogP contribution >= 0.6 is 22.9 Å². The van der Waals surface area contributed by atoms with E-state index >= 15 is 0 Å². The second kappa shape index (κ2) is 9.19. The molecule has 0 saturated heterocycles. The molecule has 10 nitrogen and oxygen atoms in total. The summed E-state index contributed by atoms with van der Waals surface area (Å²) in [5, 5.41) is 17.8. The fourth-order valence-corrected chi connectivity index (χ4v) is 5.98. The van der Waals surface area contributed by atoms with Crippen LogP contribution < -0.4 is 10.0 Å². The monoisotopic (exact) mass is 532 g/mol. The molecule has 0 spiro atoms. The van der Waals surface area contributed by atoms with Gasteiger partial charge in [-0.3, -0.25) is 14.5 Å². The van der Waals surface area contributed by atoms with Gasteiger partial charge in [0.2, 0.25) is 10.0 Å². The van der Waals surface area contributed by atoms with Crippen LogP contribution in [-0.4, -0.2) is 50.4 Å². The quantitative estimate of drug-likeness (QED) is 0.316. The first-order valence-corrected chi connectivity index (χ1v) is 13.5. The number of nitrogens with zero attached hydrogens (tertiary/aromatic N) is 4. The zero-order valence-electron chi connectivity index (χ0n) is 18.4. The molecule has 1 saturated carbocycles. The fourth-order valence-electron chi connectivity index (χ4n) is 3.60. The van der Waals surface area contributed by atoms with E-state index in [1.807, 2.05) is 0 Å². The molecule has 0 bridgehead atoms. The maximum Gasteiger partial charge on any atom is 0.280 e. The molecular formula is C22H21ClN6O4S2. The van der Waals surface area contributed by atoms with Crippen molar-refractivity contribution in [2.24, 2.45) is 0 Å². The Labute approximate surface area is 210 Å². The van der Waals surface area contributed by atoms with Gasteiger partial charge in [0.05, 0.1) is 45.4 Å². The van der Waals surface area contributed by atoms with Gasteiger partial charge in [-0.2, -0.15) is 5.10 Å². The van der Waals surface area contributed by atoms with Crippen LogP contribution in [-0.2, 0) is 10.0 Å². The normalized spacial score (nSPS) is 15.6. The molecule has 4 aromatic rings. The highest BCUT2D eigenvalue weighted by atomic mass is 35.5. The number of nitrogens with one attached hydrogen (secondary N) is 2. The molecule has 0 unspecified atom stereocenters. The van der Waals surface area contributed by atoms with Crippen molar-refractivity contribution in [3.8, 4) is 10.4 Å². The number of rotatable bonds is 8. The smallest absolute Gasteiger partial charge is 0.280 e. The largest absolute Gasteiger partial charge is 0.391 e. The Morgan fingerprint density at radius 3 is 2.80 bits per heavy atom. The molecular weight excluding hydrogens is 512 g/mol. The van der Waals surface area contributed by atoms with Gasteiger partial charge >= 0.3 is 0 Å². The zero-order chi connectivity index (χ0) is 24.7. The molecule has 4 heterocycles. The van der Waals surface area contributed by atoms with Crippen molar-refractivity contribution in [2.45, 2.75) is 37.2 Å². The predicted molar refractivity (Wildman–Crippen MR) is 133 cm³/mol. The minimum absolute atomic E-state index is 0.192. The number of aromatic nitrogens is 4. The van der Waals surface area contributed by atoms with Crippen molar-refractivity contribution in [1.82, 2.24) is 24.9 Å². The molecule has 0 aliphatic heterocycles. The highest BCUT2D eigenvalue weighted by Gasteiger charge is 2.36. The van der Waals surface area contributed by atoms with E-state index in [4.69, 9.17) is 11.6 Å². The number of halogens is 1.